The fraction of sp³-hybridized carbons (Fsp3) is 0. The van der Waals surface area contributed by atoms with Crippen LogP contribution < -0.4 is 0 Å². The summed E-state index contributed by atoms with van der Waals surface area (Å²) < 4.78 is 3.56. The predicted molar refractivity (Wildman–Crippen MR) is 50.7 cm³/mol. The van der Waals surface area contributed by atoms with Crippen molar-refractivity contribution in [3.63, 3.8) is 0 Å². The van der Waals surface area contributed by atoms with Crippen LogP contribution in [0.4, 0.5) is 0 Å². The molecule has 0 spiro atoms. The van der Waals surface area contributed by atoms with Gasteiger partial charge in [0.1, 0.15) is 0 Å². The van der Waals surface area contributed by atoms with Crippen molar-refractivity contribution in [1.29, 1.82) is 0 Å². The van der Waals surface area contributed by atoms with Gasteiger partial charge in [0.05, 0.1) is 0 Å². The van der Waals surface area contributed by atoms with Crippen molar-refractivity contribution in [1.82, 2.24) is 0 Å². The number of hydrogen-bond donors (Lipinski definition) is 0. The summed E-state index contributed by atoms with van der Waals surface area (Å²) in [5, 5.41) is 0. The first-order valence-electron chi connectivity index (χ1n) is 3.08. The zero-order valence-corrected chi connectivity index (χ0v) is 9.13. The summed E-state index contributed by atoms with van der Waals surface area (Å²) in [4.78, 5) is 11.2. The fourth-order valence-corrected chi connectivity index (χ4v) is 1.83. The molecule has 0 atom stereocenters. The SMILES string of the molecule is O=C(N=[Se](Cl)Cl)c1ccccc1. The molecule has 1 rings (SSSR count). The number of rotatable bonds is 1. The van der Waals surface area contributed by atoms with E-state index in [1.54, 1.807) is 24.3 Å². The second kappa shape index (κ2) is 4.73. The van der Waals surface area contributed by atoms with Crippen molar-refractivity contribution in [3.05, 3.63) is 35.9 Å². The average molecular weight is 269 g/mol. The summed E-state index contributed by atoms with van der Waals surface area (Å²) in [5.74, 6) is -0.342. The molecule has 0 heterocycles. The molecule has 0 radical (unpaired) electrons. The van der Waals surface area contributed by atoms with E-state index in [-0.39, 0.29) is 5.91 Å². The number of hydrogen-bond acceptors (Lipinski definition) is 1. The van der Waals surface area contributed by atoms with Crippen LogP contribution in [0.15, 0.2) is 34.3 Å². The molecule has 12 heavy (non-hydrogen) atoms. The van der Waals surface area contributed by atoms with E-state index in [9.17, 15) is 4.79 Å². The number of amides is 1. The van der Waals surface area contributed by atoms with E-state index in [1.165, 1.54) is 0 Å². The summed E-state index contributed by atoms with van der Waals surface area (Å²) in [6.45, 7) is 0. The van der Waals surface area contributed by atoms with E-state index >= 15 is 0 Å². The van der Waals surface area contributed by atoms with Gasteiger partial charge in [-0.1, -0.05) is 0 Å². The monoisotopic (exact) mass is 269 g/mol. The Morgan fingerprint density at radius 1 is 1.25 bits per heavy atom. The van der Waals surface area contributed by atoms with Gasteiger partial charge in [-0.2, -0.15) is 0 Å². The molecule has 0 aliphatic heterocycles. The van der Waals surface area contributed by atoms with Gasteiger partial charge in [-0.05, 0) is 0 Å². The van der Waals surface area contributed by atoms with Crippen LogP contribution in [-0.2, 0) is 0 Å². The predicted octanol–water partition coefficient (Wildman–Crippen LogP) is 2.56. The second-order valence-electron chi connectivity index (χ2n) is 1.96. The summed E-state index contributed by atoms with van der Waals surface area (Å²) in [5.41, 5.74) is 0.521. The third-order valence-corrected chi connectivity index (χ3v) is 2.53. The molecule has 0 aliphatic rings. The van der Waals surface area contributed by atoms with Crippen LogP contribution in [0.25, 0.3) is 0 Å². The van der Waals surface area contributed by atoms with Crippen LogP contribution in [0.3, 0.4) is 0 Å². The first-order valence-corrected chi connectivity index (χ1v) is 8.35. The zero-order chi connectivity index (χ0) is 8.97. The van der Waals surface area contributed by atoms with Crippen LogP contribution in [-0.4, -0.2) is 17.8 Å². The van der Waals surface area contributed by atoms with Crippen LogP contribution in [0, 0.1) is 0 Å². The van der Waals surface area contributed by atoms with E-state index in [0.29, 0.717) is 5.56 Å². The normalized spacial score (nSPS) is 9.92. The third kappa shape index (κ3) is 3.03. The molecule has 1 amide bonds. The summed E-state index contributed by atoms with van der Waals surface area (Å²) >= 11 is -2.06. The quantitative estimate of drug-likeness (QED) is 0.720. The zero-order valence-electron chi connectivity index (χ0n) is 5.91. The second-order valence-corrected chi connectivity index (χ2v) is 7.02. The number of carbonyl (C=O) groups excluding carboxylic acids is 1. The van der Waals surface area contributed by atoms with E-state index < -0.39 is 11.9 Å². The van der Waals surface area contributed by atoms with Crippen molar-refractivity contribution in [2.24, 2.45) is 3.96 Å². The molecule has 0 aromatic heterocycles. The summed E-state index contributed by atoms with van der Waals surface area (Å²) in [6, 6.07) is 8.70. The molecule has 0 fully saturated rings. The first-order chi connectivity index (χ1) is 5.70. The number of nitrogens with zero attached hydrogens (tertiary/aromatic N) is 1. The summed E-state index contributed by atoms with van der Waals surface area (Å²) in [7, 11) is 10.9. The van der Waals surface area contributed by atoms with Crippen molar-refractivity contribution in [2.45, 2.75) is 0 Å². The molecule has 0 aliphatic carbocycles. The van der Waals surface area contributed by atoms with Crippen molar-refractivity contribution < 1.29 is 4.79 Å². The molecular weight excluding hydrogens is 264 g/mol. The molecule has 0 saturated heterocycles. The Kier molecular flexibility index (Phi) is 3.89. The van der Waals surface area contributed by atoms with Gasteiger partial charge in [0.15, 0.2) is 0 Å². The fourth-order valence-electron chi connectivity index (χ4n) is 0.696. The van der Waals surface area contributed by atoms with E-state index in [2.05, 4.69) is 3.96 Å². The average Bonchev–Trinajstić information content (AvgIpc) is 2.05. The van der Waals surface area contributed by atoms with Gasteiger partial charge in [-0.15, -0.1) is 0 Å². The number of halogens is 2. The van der Waals surface area contributed by atoms with E-state index in [4.69, 9.17) is 20.2 Å². The Hall–Kier alpha value is -0.211. The third-order valence-electron chi connectivity index (χ3n) is 1.17. The minimum atomic E-state index is -2.06. The van der Waals surface area contributed by atoms with Crippen molar-refractivity contribution >= 4 is 38.0 Å². The van der Waals surface area contributed by atoms with Gasteiger partial charge in [-0.3, -0.25) is 0 Å². The summed E-state index contributed by atoms with van der Waals surface area (Å²) in [6.07, 6.45) is 0. The Morgan fingerprint density at radius 2 is 1.83 bits per heavy atom. The van der Waals surface area contributed by atoms with E-state index in [0.717, 1.165) is 0 Å². The molecule has 0 bridgehead atoms. The molecule has 0 unspecified atom stereocenters. The first kappa shape index (κ1) is 9.87. The van der Waals surface area contributed by atoms with Gasteiger partial charge >= 0.3 is 82.6 Å². The van der Waals surface area contributed by atoms with Gasteiger partial charge in [0.25, 0.3) is 0 Å². The maximum absolute atomic E-state index is 11.2. The van der Waals surface area contributed by atoms with Crippen molar-refractivity contribution in [3.8, 4) is 0 Å². The molecule has 2 nitrogen and oxygen atoms in total. The van der Waals surface area contributed by atoms with Crippen LogP contribution >= 0.6 is 20.2 Å². The molecule has 0 N–H and O–H groups in total. The topological polar surface area (TPSA) is 29.4 Å². The van der Waals surface area contributed by atoms with Crippen molar-refractivity contribution in [2.75, 3.05) is 0 Å². The molecule has 1 aromatic rings. The van der Waals surface area contributed by atoms with Crippen LogP contribution in [0.2, 0.25) is 0 Å². The van der Waals surface area contributed by atoms with E-state index in [1.807, 2.05) is 6.07 Å². The minimum absolute atomic E-state index is 0.342. The van der Waals surface area contributed by atoms with Crippen LogP contribution in [0.5, 0.6) is 0 Å². The standard InChI is InChI=1S/C7H5Cl2NOSe/c8-12(9)10-7(11)6-4-2-1-3-5-6/h1-5H. The number of carbonyl (C=O) groups is 1. The number of benzene rings is 1. The molecule has 5 heteroatoms. The molecule has 64 valence electrons. The van der Waals surface area contributed by atoms with Gasteiger partial charge in [0, 0.05) is 0 Å². The Balaban J connectivity index is 2.87. The van der Waals surface area contributed by atoms with Gasteiger partial charge in [0.2, 0.25) is 0 Å². The Labute approximate surface area is 82.6 Å². The molecular formula is C7H5Cl2NOSe. The Morgan fingerprint density at radius 3 is 2.33 bits per heavy atom. The van der Waals surface area contributed by atoms with Gasteiger partial charge in [-0.25, -0.2) is 0 Å². The molecule has 0 saturated carbocycles. The Bertz CT molecular complexity index is 308. The van der Waals surface area contributed by atoms with Crippen LogP contribution in [0.1, 0.15) is 10.4 Å². The maximum atomic E-state index is 11.2. The van der Waals surface area contributed by atoms with Gasteiger partial charge < -0.3 is 0 Å². The molecule has 1 aromatic carbocycles.